The zero-order valence-corrected chi connectivity index (χ0v) is 10.4. The van der Waals surface area contributed by atoms with Crippen LogP contribution in [0.1, 0.15) is 0 Å². The lowest BCUT2D eigenvalue weighted by molar-refractivity contribution is -0.383. The van der Waals surface area contributed by atoms with Gasteiger partial charge in [-0.15, -0.1) is 0 Å². The monoisotopic (exact) mass is 290 g/mol. The van der Waals surface area contributed by atoms with E-state index in [1.54, 1.807) is 22.9 Å². The van der Waals surface area contributed by atoms with Crippen LogP contribution in [0, 0.1) is 10.1 Å². The Kier molecular flexibility index (Phi) is 3.70. The molecule has 0 aliphatic rings. The topological polar surface area (TPSA) is 48.1 Å². The predicted molar refractivity (Wildman–Crippen MR) is 67.1 cm³/mol. The molecule has 0 amide bonds. The van der Waals surface area contributed by atoms with Gasteiger partial charge in [0, 0.05) is 24.6 Å². The maximum atomic E-state index is 12.0. The summed E-state index contributed by atoms with van der Waals surface area (Å²) in [5, 5.41) is 11.2. The predicted octanol–water partition coefficient (Wildman–Crippen LogP) is 3.80. The van der Waals surface area contributed by atoms with E-state index in [9.17, 15) is 23.3 Å². The van der Waals surface area contributed by atoms with Gasteiger partial charge in [0.05, 0.1) is 15.8 Å². The largest absolute Gasteiger partial charge is 0.441 e. The van der Waals surface area contributed by atoms with Gasteiger partial charge in [-0.3, -0.25) is 10.1 Å². The van der Waals surface area contributed by atoms with Crippen LogP contribution in [0.25, 0.3) is 10.9 Å². The number of benzene rings is 1. The number of nitrogens with zero attached hydrogens (tertiary/aromatic N) is 2. The number of fused-ring (bicyclic) bond motifs is 1. The van der Waals surface area contributed by atoms with E-state index in [0.29, 0.717) is 10.9 Å². The maximum Gasteiger partial charge on any atom is 0.441 e. The lowest BCUT2D eigenvalue weighted by Crippen LogP contribution is -2.06. The van der Waals surface area contributed by atoms with E-state index >= 15 is 0 Å². The smallest absolute Gasteiger partial charge is 0.346 e. The molecule has 0 aliphatic carbocycles. The SMILES string of the molecule is O=[N+]([O-])c1cccc2c1ccn2CCSC(F)(F)F. The van der Waals surface area contributed by atoms with Crippen LogP contribution < -0.4 is 0 Å². The third kappa shape index (κ3) is 3.19. The van der Waals surface area contributed by atoms with Crippen LogP contribution in [-0.4, -0.2) is 20.8 Å². The summed E-state index contributed by atoms with van der Waals surface area (Å²) >= 11 is -0.104. The standard InChI is InChI=1S/C11H9F3N2O2S/c12-11(13,14)19-7-6-15-5-4-8-9(15)2-1-3-10(8)16(17)18/h1-5H,6-7H2. The van der Waals surface area contributed by atoms with Crippen LogP contribution in [0.5, 0.6) is 0 Å². The molecule has 102 valence electrons. The number of rotatable bonds is 4. The number of aromatic nitrogens is 1. The molecule has 1 aromatic carbocycles. The number of thioether (sulfide) groups is 1. The van der Waals surface area contributed by atoms with Crippen LogP contribution >= 0.6 is 11.8 Å². The van der Waals surface area contributed by atoms with Crippen LogP contribution in [-0.2, 0) is 6.54 Å². The second-order valence-corrected chi connectivity index (χ2v) is 4.93. The number of alkyl halides is 3. The molecule has 0 saturated carbocycles. The van der Waals surface area contributed by atoms with E-state index in [4.69, 9.17) is 0 Å². The van der Waals surface area contributed by atoms with Crippen molar-refractivity contribution in [1.29, 1.82) is 0 Å². The Morgan fingerprint density at radius 3 is 2.68 bits per heavy atom. The van der Waals surface area contributed by atoms with Crippen molar-refractivity contribution in [3.63, 3.8) is 0 Å². The summed E-state index contributed by atoms with van der Waals surface area (Å²) in [4.78, 5) is 10.3. The minimum atomic E-state index is -4.26. The third-order valence-corrected chi connectivity index (χ3v) is 3.30. The molecule has 1 heterocycles. The molecule has 0 fully saturated rings. The maximum absolute atomic E-state index is 12.0. The van der Waals surface area contributed by atoms with Crippen molar-refractivity contribution in [2.24, 2.45) is 0 Å². The lowest BCUT2D eigenvalue weighted by Gasteiger charge is -2.07. The highest BCUT2D eigenvalue weighted by atomic mass is 32.2. The van der Waals surface area contributed by atoms with E-state index in [1.807, 2.05) is 0 Å². The molecule has 4 nitrogen and oxygen atoms in total. The van der Waals surface area contributed by atoms with Crippen molar-refractivity contribution in [3.8, 4) is 0 Å². The summed E-state index contributed by atoms with van der Waals surface area (Å²) < 4.78 is 37.7. The summed E-state index contributed by atoms with van der Waals surface area (Å²) in [6.07, 6.45) is 1.56. The van der Waals surface area contributed by atoms with Gasteiger partial charge in [-0.05, 0) is 23.9 Å². The first-order chi connectivity index (χ1) is 8.88. The molecule has 2 rings (SSSR count). The number of hydrogen-bond acceptors (Lipinski definition) is 3. The first kappa shape index (κ1) is 13.7. The Bertz CT molecular complexity index is 609. The van der Waals surface area contributed by atoms with Gasteiger partial charge in [0.2, 0.25) is 0 Å². The molecule has 0 atom stereocenters. The van der Waals surface area contributed by atoms with Crippen LogP contribution in [0.3, 0.4) is 0 Å². The molecule has 1 aromatic heterocycles. The molecule has 0 saturated heterocycles. The number of halogens is 3. The summed E-state index contributed by atoms with van der Waals surface area (Å²) in [5.41, 5.74) is -3.73. The van der Waals surface area contributed by atoms with Crippen molar-refractivity contribution < 1.29 is 18.1 Å². The summed E-state index contributed by atoms with van der Waals surface area (Å²) in [6, 6.07) is 6.09. The second kappa shape index (κ2) is 5.12. The zero-order chi connectivity index (χ0) is 14.0. The minimum Gasteiger partial charge on any atom is -0.346 e. The van der Waals surface area contributed by atoms with Gasteiger partial charge in [0.15, 0.2) is 0 Å². The molecule has 0 unspecified atom stereocenters. The normalized spacial score (nSPS) is 11.9. The molecule has 2 aromatic rings. The highest BCUT2D eigenvalue weighted by molar-refractivity contribution is 8.00. The number of nitro benzene ring substituents is 1. The first-order valence-corrected chi connectivity index (χ1v) is 6.30. The van der Waals surface area contributed by atoms with E-state index in [0.717, 1.165) is 0 Å². The molecule has 0 spiro atoms. The van der Waals surface area contributed by atoms with Gasteiger partial charge in [-0.1, -0.05) is 6.07 Å². The van der Waals surface area contributed by atoms with Gasteiger partial charge in [-0.25, -0.2) is 0 Å². The third-order valence-electron chi connectivity index (χ3n) is 2.59. The molecule has 0 bridgehead atoms. The average Bonchev–Trinajstić information content (AvgIpc) is 2.70. The summed E-state index contributed by atoms with van der Waals surface area (Å²) in [5.74, 6) is -0.129. The van der Waals surface area contributed by atoms with Crippen molar-refractivity contribution in [2.75, 3.05) is 5.75 Å². The molecule has 0 aliphatic heterocycles. The van der Waals surface area contributed by atoms with E-state index in [2.05, 4.69) is 0 Å². The fourth-order valence-corrected chi connectivity index (χ4v) is 2.34. The number of aryl methyl sites for hydroxylation is 1. The Labute approximate surface area is 110 Å². The molecule has 0 N–H and O–H groups in total. The van der Waals surface area contributed by atoms with Crippen LogP contribution in [0.15, 0.2) is 30.5 Å². The molecular weight excluding hydrogens is 281 g/mol. The fourth-order valence-electron chi connectivity index (χ4n) is 1.82. The molecule has 19 heavy (non-hydrogen) atoms. The zero-order valence-electron chi connectivity index (χ0n) is 9.55. The Morgan fingerprint density at radius 2 is 2.05 bits per heavy atom. The van der Waals surface area contributed by atoms with Crippen LogP contribution in [0.2, 0.25) is 0 Å². The van der Waals surface area contributed by atoms with Gasteiger partial charge in [0.1, 0.15) is 0 Å². The van der Waals surface area contributed by atoms with Crippen molar-refractivity contribution in [1.82, 2.24) is 4.57 Å². The van der Waals surface area contributed by atoms with E-state index in [1.165, 1.54) is 12.1 Å². The van der Waals surface area contributed by atoms with Gasteiger partial charge >= 0.3 is 5.51 Å². The molecule has 8 heteroatoms. The van der Waals surface area contributed by atoms with Gasteiger partial charge in [-0.2, -0.15) is 13.2 Å². The fraction of sp³-hybridized carbons (Fsp3) is 0.273. The average molecular weight is 290 g/mol. The highest BCUT2D eigenvalue weighted by Crippen LogP contribution is 2.31. The van der Waals surface area contributed by atoms with Crippen molar-refractivity contribution >= 4 is 28.4 Å². The Balaban J connectivity index is 2.22. The van der Waals surface area contributed by atoms with Crippen molar-refractivity contribution in [2.45, 2.75) is 12.1 Å². The number of nitro groups is 1. The van der Waals surface area contributed by atoms with Gasteiger partial charge in [0.25, 0.3) is 5.69 Å². The Hall–Kier alpha value is -1.70. The summed E-state index contributed by atoms with van der Waals surface area (Å²) in [6.45, 7) is 0.148. The van der Waals surface area contributed by atoms with E-state index in [-0.39, 0.29) is 29.7 Å². The second-order valence-electron chi connectivity index (χ2n) is 3.77. The Morgan fingerprint density at radius 1 is 1.32 bits per heavy atom. The molecular formula is C11H9F3N2O2S. The summed E-state index contributed by atoms with van der Waals surface area (Å²) in [7, 11) is 0. The van der Waals surface area contributed by atoms with Gasteiger partial charge < -0.3 is 4.57 Å². The minimum absolute atomic E-state index is 0.0419. The first-order valence-electron chi connectivity index (χ1n) is 5.31. The highest BCUT2D eigenvalue weighted by Gasteiger charge is 2.27. The van der Waals surface area contributed by atoms with E-state index < -0.39 is 10.4 Å². The van der Waals surface area contributed by atoms with Crippen LogP contribution in [0.4, 0.5) is 18.9 Å². The number of non-ortho nitro benzene ring substituents is 1. The molecule has 0 radical (unpaired) electrons. The lowest BCUT2D eigenvalue weighted by atomic mass is 10.2. The van der Waals surface area contributed by atoms with Crippen molar-refractivity contribution in [3.05, 3.63) is 40.6 Å². The number of hydrogen-bond donors (Lipinski definition) is 0. The quantitative estimate of drug-likeness (QED) is 0.635.